The van der Waals surface area contributed by atoms with Crippen molar-refractivity contribution in [3.8, 4) is 16.9 Å². The zero-order chi connectivity index (χ0) is 26.9. The maximum Gasteiger partial charge on any atom is 0.320 e. The number of nitrogens with one attached hydrogen (secondary N) is 1. The average Bonchev–Trinajstić information content (AvgIpc) is 3.33. The number of pyridine rings is 1. The number of H-pyrrole nitrogens is 1. The smallest absolute Gasteiger partial charge is 0.320 e. The van der Waals surface area contributed by atoms with Crippen LogP contribution in [0.4, 0.5) is 4.39 Å². The first-order valence-corrected chi connectivity index (χ1v) is 13.4. The Balaban J connectivity index is 1.24. The molecule has 0 amide bonds. The van der Waals surface area contributed by atoms with Gasteiger partial charge in [0.1, 0.15) is 22.8 Å². The third kappa shape index (κ3) is 5.92. The molecule has 1 fully saturated rings. The first-order valence-electron chi connectivity index (χ1n) is 13.4. The molecule has 3 aromatic rings. The van der Waals surface area contributed by atoms with Crippen molar-refractivity contribution in [3.63, 3.8) is 0 Å². The van der Waals surface area contributed by atoms with Crippen molar-refractivity contribution in [2.75, 3.05) is 39.8 Å². The summed E-state index contributed by atoms with van der Waals surface area (Å²) < 4.78 is 25.1. The molecule has 7 nitrogen and oxygen atoms in total. The summed E-state index contributed by atoms with van der Waals surface area (Å²) >= 11 is 0. The van der Waals surface area contributed by atoms with E-state index in [1.165, 1.54) is 17.7 Å². The minimum Gasteiger partial charge on any atom is -0.496 e. The molecule has 3 heterocycles. The van der Waals surface area contributed by atoms with E-state index in [0.29, 0.717) is 23.9 Å². The molecule has 1 saturated heterocycles. The summed E-state index contributed by atoms with van der Waals surface area (Å²) in [7, 11) is 1.60. The van der Waals surface area contributed by atoms with Crippen LogP contribution >= 0.6 is 0 Å². The van der Waals surface area contributed by atoms with Gasteiger partial charge in [0.2, 0.25) is 0 Å². The monoisotopic (exact) mass is 520 g/mol. The fraction of sp³-hybridized carbons (Fsp3) is 0.467. The number of nitrogens with zero attached hydrogens (tertiary/aromatic N) is 3. The third-order valence-corrected chi connectivity index (χ3v) is 7.41. The van der Waals surface area contributed by atoms with Crippen molar-refractivity contribution < 1.29 is 18.7 Å². The normalized spacial score (nSPS) is 19.4. The Hall–Kier alpha value is -3.23. The summed E-state index contributed by atoms with van der Waals surface area (Å²) in [4.78, 5) is 24.9. The maximum atomic E-state index is 14.1. The van der Waals surface area contributed by atoms with Crippen LogP contribution in [-0.2, 0) is 9.53 Å². The minimum atomic E-state index is -0.444. The molecule has 1 N–H and O–H groups in total. The Morgan fingerprint density at radius 3 is 2.61 bits per heavy atom. The minimum absolute atomic E-state index is 0.150. The van der Waals surface area contributed by atoms with Gasteiger partial charge in [0, 0.05) is 55.1 Å². The van der Waals surface area contributed by atoms with Gasteiger partial charge in [-0.1, -0.05) is 6.08 Å². The van der Waals surface area contributed by atoms with E-state index in [-0.39, 0.29) is 11.8 Å². The van der Waals surface area contributed by atoms with E-state index >= 15 is 0 Å². The summed E-state index contributed by atoms with van der Waals surface area (Å²) in [5, 5.41) is 0.954. The molecule has 38 heavy (non-hydrogen) atoms. The Morgan fingerprint density at radius 1 is 1.13 bits per heavy atom. The standard InChI is InChI=1S/C30H37FN4O3/c1-30(2,3)38-28(36)19-34-13-15-35(16-14-34)22-8-5-20(6-9-22)26-18-25-23(11-12-32-29(25)33-26)24-17-21(31)7-10-27(24)37-4/h5,7,10-12,17-18,22H,6,8-9,13-16,19H2,1-4H3,(H,32,33)/t22-/m1/s1. The number of carbonyl (C=O) groups excluding carboxylic acids is 1. The van der Waals surface area contributed by atoms with Crippen LogP contribution in [0.3, 0.4) is 0 Å². The van der Waals surface area contributed by atoms with Gasteiger partial charge in [-0.05, 0) is 81.5 Å². The highest BCUT2D eigenvalue weighted by Gasteiger charge is 2.28. The van der Waals surface area contributed by atoms with E-state index < -0.39 is 5.60 Å². The fourth-order valence-corrected chi connectivity index (χ4v) is 5.57. The van der Waals surface area contributed by atoms with Crippen LogP contribution in [0.2, 0.25) is 0 Å². The number of carbonyl (C=O) groups is 1. The number of ether oxygens (including phenoxy) is 2. The second kappa shape index (κ2) is 10.9. The molecule has 0 unspecified atom stereocenters. The van der Waals surface area contributed by atoms with Gasteiger partial charge in [0.25, 0.3) is 0 Å². The van der Waals surface area contributed by atoms with E-state index in [0.717, 1.165) is 67.7 Å². The van der Waals surface area contributed by atoms with E-state index in [1.807, 2.05) is 26.8 Å². The van der Waals surface area contributed by atoms with E-state index in [2.05, 4.69) is 31.9 Å². The molecule has 0 radical (unpaired) electrons. The number of piperazine rings is 1. The Bertz CT molecular complexity index is 1340. The summed E-state index contributed by atoms with van der Waals surface area (Å²) in [6.45, 7) is 9.76. The molecule has 202 valence electrons. The van der Waals surface area contributed by atoms with Gasteiger partial charge in [0.05, 0.1) is 13.7 Å². The third-order valence-electron chi connectivity index (χ3n) is 7.41. The predicted molar refractivity (Wildman–Crippen MR) is 148 cm³/mol. The summed E-state index contributed by atoms with van der Waals surface area (Å²) in [6, 6.07) is 9.13. The van der Waals surface area contributed by atoms with Gasteiger partial charge in [-0.2, -0.15) is 0 Å². The summed E-state index contributed by atoms with van der Waals surface area (Å²) in [6.07, 6.45) is 7.15. The zero-order valence-electron chi connectivity index (χ0n) is 22.7. The number of halogens is 1. The lowest BCUT2D eigenvalue weighted by Gasteiger charge is -2.40. The molecule has 1 aliphatic heterocycles. The SMILES string of the molecule is COc1ccc(F)cc1-c1ccnc2[nH]c(C3=CC[C@@H](N4CCN(CC(=O)OC(C)(C)C)CC4)CC3)cc12. The van der Waals surface area contributed by atoms with Gasteiger partial charge in [-0.15, -0.1) is 0 Å². The molecule has 1 atom stereocenters. The van der Waals surface area contributed by atoms with Gasteiger partial charge in [0.15, 0.2) is 0 Å². The van der Waals surface area contributed by atoms with Crippen LogP contribution in [-0.4, -0.2) is 77.2 Å². The highest BCUT2D eigenvalue weighted by atomic mass is 19.1. The molecule has 8 heteroatoms. The highest BCUT2D eigenvalue weighted by molar-refractivity contribution is 5.96. The molecule has 0 spiro atoms. The highest BCUT2D eigenvalue weighted by Crippen LogP contribution is 2.37. The summed E-state index contributed by atoms with van der Waals surface area (Å²) in [5.74, 6) is 0.184. The average molecular weight is 521 g/mol. The van der Waals surface area contributed by atoms with Crippen LogP contribution in [0.5, 0.6) is 5.75 Å². The van der Waals surface area contributed by atoms with Crippen LogP contribution in [0.25, 0.3) is 27.7 Å². The largest absolute Gasteiger partial charge is 0.496 e. The second-order valence-electron chi connectivity index (χ2n) is 11.2. The number of esters is 1. The number of rotatable bonds is 6. The number of fused-ring (bicyclic) bond motifs is 1. The van der Waals surface area contributed by atoms with Gasteiger partial charge in [-0.3, -0.25) is 14.6 Å². The van der Waals surface area contributed by atoms with Crippen LogP contribution in [0.1, 0.15) is 45.7 Å². The Kier molecular flexibility index (Phi) is 7.54. The molecule has 2 aliphatic rings. The van der Waals surface area contributed by atoms with Gasteiger partial charge < -0.3 is 14.5 Å². The molecule has 1 aliphatic carbocycles. The lowest BCUT2D eigenvalue weighted by atomic mass is 9.91. The number of allylic oxidation sites excluding steroid dienone is 1. The second-order valence-corrected chi connectivity index (χ2v) is 11.2. The lowest BCUT2D eigenvalue weighted by Crippen LogP contribution is -2.52. The van der Waals surface area contributed by atoms with E-state index in [1.54, 1.807) is 19.4 Å². The first kappa shape index (κ1) is 26.4. The topological polar surface area (TPSA) is 70.7 Å². The lowest BCUT2D eigenvalue weighted by molar-refractivity contribution is -0.156. The van der Waals surface area contributed by atoms with Gasteiger partial charge >= 0.3 is 5.97 Å². The number of aromatic nitrogens is 2. The molecule has 2 aromatic heterocycles. The number of aromatic amines is 1. The number of methoxy groups -OCH3 is 1. The molecule has 0 bridgehead atoms. The number of hydrogen-bond donors (Lipinski definition) is 1. The molecule has 1 aromatic carbocycles. The molecule has 5 rings (SSSR count). The molecular formula is C30H37FN4O3. The summed E-state index contributed by atoms with van der Waals surface area (Å²) in [5.41, 5.74) is 4.31. The van der Waals surface area contributed by atoms with Crippen LogP contribution in [0.15, 0.2) is 42.6 Å². The number of hydrogen-bond acceptors (Lipinski definition) is 6. The predicted octanol–water partition coefficient (Wildman–Crippen LogP) is 5.27. The fourth-order valence-electron chi connectivity index (χ4n) is 5.57. The zero-order valence-corrected chi connectivity index (χ0v) is 22.7. The van der Waals surface area contributed by atoms with Crippen molar-refractivity contribution in [2.45, 2.75) is 51.7 Å². The van der Waals surface area contributed by atoms with E-state index in [9.17, 15) is 9.18 Å². The van der Waals surface area contributed by atoms with Crippen molar-refractivity contribution >= 4 is 22.6 Å². The maximum absolute atomic E-state index is 14.1. The molecule has 0 saturated carbocycles. The van der Waals surface area contributed by atoms with Crippen molar-refractivity contribution in [2.24, 2.45) is 0 Å². The van der Waals surface area contributed by atoms with Crippen LogP contribution < -0.4 is 4.74 Å². The Labute approximate surface area is 223 Å². The van der Waals surface area contributed by atoms with E-state index in [4.69, 9.17) is 9.47 Å². The van der Waals surface area contributed by atoms with Crippen molar-refractivity contribution in [1.82, 2.24) is 19.8 Å². The van der Waals surface area contributed by atoms with Gasteiger partial charge in [-0.25, -0.2) is 9.37 Å². The van der Waals surface area contributed by atoms with Crippen molar-refractivity contribution in [1.29, 1.82) is 0 Å². The Morgan fingerprint density at radius 2 is 1.92 bits per heavy atom. The molecular weight excluding hydrogens is 483 g/mol. The van der Waals surface area contributed by atoms with Crippen molar-refractivity contribution in [3.05, 3.63) is 54.1 Å². The number of benzene rings is 1. The quantitative estimate of drug-likeness (QED) is 0.447. The van der Waals surface area contributed by atoms with Crippen LogP contribution in [0, 0.1) is 5.82 Å². The first-order chi connectivity index (χ1) is 18.2.